The Labute approximate surface area is 143 Å². The minimum absolute atomic E-state index is 0.195. The number of hydrogen-bond acceptors (Lipinski definition) is 4. The van der Waals surface area contributed by atoms with Crippen molar-refractivity contribution in [1.82, 2.24) is 15.4 Å². The van der Waals surface area contributed by atoms with E-state index in [1.54, 1.807) is 18.3 Å². The van der Waals surface area contributed by atoms with Crippen LogP contribution >= 0.6 is 0 Å². The molecule has 0 aliphatic carbocycles. The first-order valence-corrected chi connectivity index (χ1v) is 8.00. The van der Waals surface area contributed by atoms with Crippen molar-refractivity contribution in [2.45, 2.75) is 12.8 Å². The zero-order valence-electron chi connectivity index (χ0n) is 13.4. The first kappa shape index (κ1) is 15.1. The van der Waals surface area contributed by atoms with Crippen molar-refractivity contribution in [2.75, 3.05) is 0 Å². The number of benzene rings is 1. The Balaban J connectivity index is 1.58. The number of rotatable bonds is 4. The van der Waals surface area contributed by atoms with Crippen LogP contribution in [0, 0.1) is 0 Å². The Kier molecular flexibility index (Phi) is 3.78. The van der Waals surface area contributed by atoms with Crippen molar-refractivity contribution in [3.63, 3.8) is 0 Å². The fraction of sp³-hybridized carbons (Fsp3) is 0.105. The number of phenols is 1. The SMILES string of the molecule is O=C1NN=C(CCc2ccc(O)cc2)C1=Cc1c[nH]c2ncccc12. The highest BCUT2D eigenvalue weighted by molar-refractivity contribution is 6.27. The molecule has 2 aromatic heterocycles. The Hall–Kier alpha value is -3.41. The normalized spacial score (nSPS) is 15.6. The van der Waals surface area contributed by atoms with Crippen LogP contribution in [0.2, 0.25) is 0 Å². The Morgan fingerprint density at radius 2 is 1.96 bits per heavy atom. The van der Waals surface area contributed by atoms with Gasteiger partial charge in [0.2, 0.25) is 0 Å². The molecule has 1 aromatic carbocycles. The predicted molar refractivity (Wildman–Crippen MR) is 96.1 cm³/mol. The number of aryl methyl sites for hydroxylation is 1. The van der Waals surface area contributed by atoms with Gasteiger partial charge in [0.25, 0.3) is 5.91 Å². The van der Waals surface area contributed by atoms with Crippen molar-refractivity contribution < 1.29 is 9.90 Å². The molecule has 124 valence electrons. The third-order valence-electron chi connectivity index (χ3n) is 4.22. The number of carbonyl (C=O) groups is 1. The molecule has 1 aliphatic heterocycles. The molecular weight excluding hydrogens is 316 g/mol. The average molecular weight is 332 g/mol. The Morgan fingerprint density at radius 3 is 2.80 bits per heavy atom. The highest BCUT2D eigenvalue weighted by atomic mass is 16.3. The second-order valence-corrected chi connectivity index (χ2v) is 5.87. The molecule has 0 fully saturated rings. The van der Waals surface area contributed by atoms with Gasteiger partial charge >= 0.3 is 0 Å². The molecule has 25 heavy (non-hydrogen) atoms. The zero-order valence-corrected chi connectivity index (χ0v) is 13.4. The summed E-state index contributed by atoms with van der Waals surface area (Å²) in [4.78, 5) is 19.5. The molecule has 1 amide bonds. The average Bonchev–Trinajstić information content (AvgIpc) is 3.20. The summed E-state index contributed by atoms with van der Waals surface area (Å²) in [5.74, 6) is 0.0475. The molecule has 0 radical (unpaired) electrons. The van der Waals surface area contributed by atoms with Crippen LogP contribution in [0.1, 0.15) is 17.5 Å². The topological polar surface area (TPSA) is 90.4 Å². The summed E-state index contributed by atoms with van der Waals surface area (Å²) in [7, 11) is 0. The molecule has 3 N–H and O–H groups in total. The molecule has 0 bridgehead atoms. The number of phenolic OH excluding ortho intramolecular Hbond substituents is 1. The van der Waals surface area contributed by atoms with Crippen LogP contribution in [0.25, 0.3) is 17.1 Å². The fourth-order valence-corrected chi connectivity index (χ4v) is 2.89. The third-order valence-corrected chi connectivity index (χ3v) is 4.22. The van der Waals surface area contributed by atoms with E-state index in [0.29, 0.717) is 12.0 Å². The van der Waals surface area contributed by atoms with Gasteiger partial charge in [-0.05, 0) is 48.7 Å². The van der Waals surface area contributed by atoms with E-state index in [9.17, 15) is 9.90 Å². The lowest BCUT2D eigenvalue weighted by Gasteiger charge is -2.03. The summed E-state index contributed by atoms with van der Waals surface area (Å²) >= 11 is 0. The smallest absolute Gasteiger partial charge is 0.273 e. The largest absolute Gasteiger partial charge is 0.508 e. The molecule has 6 heteroatoms. The minimum atomic E-state index is -0.195. The van der Waals surface area contributed by atoms with Gasteiger partial charge in [-0.2, -0.15) is 5.10 Å². The lowest BCUT2D eigenvalue weighted by Crippen LogP contribution is -2.13. The van der Waals surface area contributed by atoms with Gasteiger partial charge in [-0.15, -0.1) is 0 Å². The summed E-state index contributed by atoms with van der Waals surface area (Å²) in [6.07, 6.45) is 6.78. The van der Waals surface area contributed by atoms with Crippen LogP contribution in [0.4, 0.5) is 0 Å². The number of nitrogens with zero attached hydrogens (tertiary/aromatic N) is 2. The van der Waals surface area contributed by atoms with Crippen molar-refractivity contribution >= 4 is 28.7 Å². The summed E-state index contributed by atoms with van der Waals surface area (Å²) < 4.78 is 0. The maximum absolute atomic E-state index is 12.2. The van der Waals surface area contributed by atoms with Crippen molar-refractivity contribution in [1.29, 1.82) is 0 Å². The van der Waals surface area contributed by atoms with E-state index in [-0.39, 0.29) is 11.7 Å². The predicted octanol–water partition coefficient (Wildman–Crippen LogP) is 2.77. The van der Waals surface area contributed by atoms with Gasteiger partial charge in [-0.1, -0.05) is 12.1 Å². The van der Waals surface area contributed by atoms with E-state index < -0.39 is 0 Å². The highest BCUT2D eigenvalue weighted by Crippen LogP contribution is 2.22. The number of aromatic nitrogens is 2. The first-order chi connectivity index (χ1) is 12.2. The quantitative estimate of drug-likeness (QED) is 0.642. The summed E-state index contributed by atoms with van der Waals surface area (Å²) in [5, 5.41) is 14.5. The maximum Gasteiger partial charge on any atom is 0.273 e. The highest BCUT2D eigenvalue weighted by Gasteiger charge is 2.22. The van der Waals surface area contributed by atoms with Crippen LogP contribution in [0.5, 0.6) is 5.75 Å². The van der Waals surface area contributed by atoms with Gasteiger partial charge in [0.05, 0.1) is 11.3 Å². The zero-order chi connectivity index (χ0) is 17.2. The molecule has 0 saturated carbocycles. The van der Waals surface area contributed by atoms with Gasteiger partial charge in [-0.25, -0.2) is 10.4 Å². The van der Waals surface area contributed by atoms with Crippen molar-refractivity contribution in [3.05, 3.63) is 65.5 Å². The van der Waals surface area contributed by atoms with Gasteiger partial charge in [0.15, 0.2) is 0 Å². The van der Waals surface area contributed by atoms with E-state index in [0.717, 1.165) is 34.3 Å². The molecule has 4 rings (SSSR count). The number of amides is 1. The van der Waals surface area contributed by atoms with Gasteiger partial charge in [0.1, 0.15) is 11.4 Å². The number of carbonyl (C=O) groups excluding carboxylic acids is 1. The fourth-order valence-electron chi connectivity index (χ4n) is 2.89. The molecule has 0 unspecified atom stereocenters. The van der Waals surface area contributed by atoms with E-state index in [1.807, 2.05) is 36.5 Å². The molecule has 0 atom stereocenters. The van der Waals surface area contributed by atoms with E-state index >= 15 is 0 Å². The van der Waals surface area contributed by atoms with Crippen molar-refractivity contribution in [3.8, 4) is 5.75 Å². The van der Waals surface area contributed by atoms with E-state index in [2.05, 4.69) is 20.5 Å². The van der Waals surface area contributed by atoms with Gasteiger partial charge in [-0.3, -0.25) is 4.79 Å². The van der Waals surface area contributed by atoms with Crippen LogP contribution < -0.4 is 5.43 Å². The lowest BCUT2D eigenvalue weighted by molar-refractivity contribution is -0.116. The summed E-state index contributed by atoms with van der Waals surface area (Å²) in [5.41, 5.74) is 6.62. The second-order valence-electron chi connectivity index (χ2n) is 5.87. The van der Waals surface area contributed by atoms with Gasteiger partial charge in [0, 0.05) is 23.3 Å². The lowest BCUT2D eigenvalue weighted by atomic mass is 10.0. The first-order valence-electron chi connectivity index (χ1n) is 8.00. The maximum atomic E-state index is 12.2. The Bertz CT molecular complexity index is 1000. The van der Waals surface area contributed by atoms with Crippen LogP contribution in [0.15, 0.2) is 59.5 Å². The number of H-pyrrole nitrogens is 1. The molecule has 0 spiro atoms. The Morgan fingerprint density at radius 1 is 1.12 bits per heavy atom. The number of hydrogen-bond donors (Lipinski definition) is 3. The number of fused-ring (bicyclic) bond motifs is 1. The molecule has 3 heterocycles. The van der Waals surface area contributed by atoms with E-state index in [1.165, 1.54) is 0 Å². The molecule has 0 saturated heterocycles. The summed E-state index contributed by atoms with van der Waals surface area (Å²) in [6, 6.07) is 10.9. The molecule has 1 aliphatic rings. The number of aromatic hydroxyl groups is 1. The van der Waals surface area contributed by atoms with Crippen LogP contribution in [-0.4, -0.2) is 26.7 Å². The van der Waals surface area contributed by atoms with Gasteiger partial charge < -0.3 is 10.1 Å². The van der Waals surface area contributed by atoms with Crippen LogP contribution in [0.3, 0.4) is 0 Å². The van der Waals surface area contributed by atoms with E-state index in [4.69, 9.17) is 0 Å². The molecule has 3 aromatic rings. The van der Waals surface area contributed by atoms with Crippen molar-refractivity contribution in [2.24, 2.45) is 5.10 Å². The third kappa shape index (κ3) is 3.01. The number of hydrazone groups is 1. The number of aromatic amines is 1. The minimum Gasteiger partial charge on any atom is -0.508 e. The number of pyridine rings is 1. The molecule has 6 nitrogen and oxygen atoms in total. The number of nitrogens with one attached hydrogen (secondary N) is 2. The monoisotopic (exact) mass is 332 g/mol. The second kappa shape index (κ2) is 6.24. The molecular formula is C19H16N4O2. The standard InChI is InChI=1S/C19H16N4O2/c24-14-6-3-12(4-7-14)5-8-17-16(19(25)23-22-17)10-13-11-21-18-15(13)2-1-9-20-18/h1-4,6-7,9-11,24H,5,8H2,(H,20,21)(H,23,25). The van der Waals surface area contributed by atoms with Crippen LogP contribution in [-0.2, 0) is 11.2 Å². The summed E-state index contributed by atoms with van der Waals surface area (Å²) in [6.45, 7) is 0.